The Balaban J connectivity index is 2.78. The van der Waals surface area contributed by atoms with Gasteiger partial charge in [-0.3, -0.25) is 0 Å². The number of hydrogen-bond donors (Lipinski definition) is 1. The second-order valence-electron chi connectivity index (χ2n) is 4.47. The van der Waals surface area contributed by atoms with Crippen molar-refractivity contribution < 1.29 is 9.57 Å². The van der Waals surface area contributed by atoms with Crippen LogP contribution in [-0.4, -0.2) is 13.2 Å². The quantitative estimate of drug-likeness (QED) is 0.611. The summed E-state index contributed by atoms with van der Waals surface area (Å²) in [5.41, 5.74) is 1.28. The summed E-state index contributed by atoms with van der Waals surface area (Å²) in [6.45, 7) is 7.36. The normalized spacial score (nSPS) is 11.5. The van der Waals surface area contributed by atoms with E-state index in [2.05, 4.69) is 31.7 Å². The molecule has 0 atom stereocenters. The lowest BCUT2D eigenvalue weighted by Crippen LogP contribution is -2.15. The Morgan fingerprint density at radius 1 is 1.13 bits per heavy atom. The lowest BCUT2D eigenvalue weighted by atomic mass is 9.86. The molecule has 1 aromatic rings. The van der Waals surface area contributed by atoms with Crippen molar-refractivity contribution >= 4 is 0 Å². The third kappa shape index (κ3) is 3.53. The minimum absolute atomic E-state index is 0.0835. The zero-order chi connectivity index (χ0) is 11.3. The van der Waals surface area contributed by atoms with Crippen LogP contribution in [0.2, 0.25) is 0 Å². The molecule has 2 N–H and O–H groups in total. The average Bonchev–Trinajstić information content (AvgIpc) is 2.17. The summed E-state index contributed by atoms with van der Waals surface area (Å²) in [7, 11) is 0. The van der Waals surface area contributed by atoms with Crippen LogP contribution in [0.3, 0.4) is 0 Å². The maximum absolute atomic E-state index is 5.60. The molecule has 0 aliphatic heterocycles. The van der Waals surface area contributed by atoms with Crippen molar-refractivity contribution in [3.8, 4) is 5.75 Å². The number of para-hydroxylation sites is 1. The third-order valence-electron chi connectivity index (χ3n) is 2.15. The molecule has 0 aromatic heterocycles. The highest BCUT2D eigenvalue weighted by molar-refractivity contribution is 5.38. The lowest BCUT2D eigenvalue weighted by molar-refractivity contribution is 0.101. The Hall–Kier alpha value is -1.06. The van der Waals surface area contributed by atoms with E-state index in [-0.39, 0.29) is 5.41 Å². The zero-order valence-corrected chi connectivity index (χ0v) is 9.62. The highest BCUT2D eigenvalue weighted by Gasteiger charge is 2.17. The van der Waals surface area contributed by atoms with Gasteiger partial charge in [0.1, 0.15) is 19.0 Å². The molecular weight excluding hydrogens is 190 g/mol. The number of benzene rings is 1. The van der Waals surface area contributed by atoms with Gasteiger partial charge in [0.2, 0.25) is 0 Å². The summed E-state index contributed by atoms with van der Waals surface area (Å²) in [4.78, 5) is 4.46. The summed E-state index contributed by atoms with van der Waals surface area (Å²) in [5.74, 6) is 5.84. The molecule has 0 unspecified atom stereocenters. The van der Waals surface area contributed by atoms with Gasteiger partial charge in [0.05, 0.1) is 0 Å². The summed E-state index contributed by atoms with van der Waals surface area (Å²) in [6.07, 6.45) is 0. The smallest absolute Gasteiger partial charge is 0.123 e. The molecule has 0 bridgehead atoms. The van der Waals surface area contributed by atoms with E-state index in [0.717, 1.165) is 5.75 Å². The molecule has 3 heteroatoms. The molecule has 0 aliphatic carbocycles. The molecule has 0 spiro atoms. The fourth-order valence-corrected chi connectivity index (χ4v) is 1.41. The van der Waals surface area contributed by atoms with Gasteiger partial charge in [0.25, 0.3) is 0 Å². The molecule has 84 valence electrons. The minimum atomic E-state index is 0.0835. The highest BCUT2D eigenvalue weighted by Crippen LogP contribution is 2.30. The van der Waals surface area contributed by atoms with Crippen LogP contribution in [0.4, 0.5) is 0 Å². The maximum atomic E-state index is 5.60. The SMILES string of the molecule is CC(C)(C)c1ccccc1OCCON. The van der Waals surface area contributed by atoms with Gasteiger partial charge in [-0.05, 0) is 17.0 Å². The Bertz CT molecular complexity index is 305. The van der Waals surface area contributed by atoms with E-state index >= 15 is 0 Å². The summed E-state index contributed by atoms with van der Waals surface area (Å²) in [6, 6.07) is 8.04. The van der Waals surface area contributed by atoms with Crippen molar-refractivity contribution in [3.05, 3.63) is 29.8 Å². The summed E-state index contributed by atoms with van der Waals surface area (Å²) < 4.78 is 5.60. The molecule has 1 rings (SSSR count). The van der Waals surface area contributed by atoms with Crippen molar-refractivity contribution in [2.24, 2.45) is 5.90 Å². The van der Waals surface area contributed by atoms with Gasteiger partial charge in [0, 0.05) is 0 Å². The van der Waals surface area contributed by atoms with Crippen LogP contribution in [0.1, 0.15) is 26.3 Å². The Morgan fingerprint density at radius 2 is 1.80 bits per heavy atom. The van der Waals surface area contributed by atoms with Crippen LogP contribution >= 0.6 is 0 Å². The molecule has 0 aliphatic rings. The standard InChI is InChI=1S/C12H19NO2/c1-12(2,3)10-6-4-5-7-11(10)14-8-9-15-13/h4-7H,8-9,13H2,1-3H3. The first-order valence-electron chi connectivity index (χ1n) is 5.09. The Morgan fingerprint density at radius 3 is 2.40 bits per heavy atom. The molecule has 0 saturated heterocycles. The van der Waals surface area contributed by atoms with Crippen LogP contribution in [0.15, 0.2) is 24.3 Å². The zero-order valence-electron chi connectivity index (χ0n) is 9.62. The van der Waals surface area contributed by atoms with Crippen molar-refractivity contribution in [3.63, 3.8) is 0 Å². The average molecular weight is 209 g/mol. The van der Waals surface area contributed by atoms with E-state index in [9.17, 15) is 0 Å². The molecule has 0 fully saturated rings. The van der Waals surface area contributed by atoms with Crippen LogP contribution in [-0.2, 0) is 10.3 Å². The van der Waals surface area contributed by atoms with E-state index in [1.165, 1.54) is 5.56 Å². The predicted molar refractivity (Wildman–Crippen MR) is 60.8 cm³/mol. The predicted octanol–water partition coefficient (Wildman–Crippen LogP) is 2.25. The van der Waals surface area contributed by atoms with Crippen LogP contribution in [0.25, 0.3) is 0 Å². The molecule has 1 aromatic carbocycles. The van der Waals surface area contributed by atoms with Gasteiger partial charge in [-0.1, -0.05) is 39.0 Å². The molecular formula is C12H19NO2. The van der Waals surface area contributed by atoms with E-state index in [4.69, 9.17) is 10.6 Å². The summed E-state index contributed by atoms with van der Waals surface area (Å²) in [5, 5.41) is 0. The van der Waals surface area contributed by atoms with Crippen molar-refractivity contribution in [2.75, 3.05) is 13.2 Å². The fourth-order valence-electron chi connectivity index (χ4n) is 1.41. The van der Waals surface area contributed by atoms with E-state index in [0.29, 0.717) is 13.2 Å². The fraction of sp³-hybridized carbons (Fsp3) is 0.500. The lowest BCUT2D eigenvalue weighted by Gasteiger charge is -2.22. The maximum Gasteiger partial charge on any atom is 0.123 e. The van der Waals surface area contributed by atoms with Gasteiger partial charge in [-0.15, -0.1) is 0 Å². The minimum Gasteiger partial charge on any atom is -0.491 e. The topological polar surface area (TPSA) is 44.5 Å². The van der Waals surface area contributed by atoms with E-state index in [1.54, 1.807) is 0 Å². The molecule has 15 heavy (non-hydrogen) atoms. The Labute approximate surface area is 91.1 Å². The van der Waals surface area contributed by atoms with Crippen molar-refractivity contribution in [1.82, 2.24) is 0 Å². The monoisotopic (exact) mass is 209 g/mol. The first-order valence-corrected chi connectivity index (χ1v) is 5.09. The van der Waals surface area contributed by atoms with Gasteiger partial charge >= 0.3 is 0 Å². The van der Waals surface area contributed by atoms with Gasteiger partial charge in [-0.25, -0.2) is 5.90 Å². The summed E-state index contributed by atoms with van der Waals surface area (Å²) >= 11 is 0. The number of hydrogen-bond acceptors (Lipinski definition) is 3. The number of ether oxygens (including phenoxy) is 1. The Kier molecular flexibility index (Phi) is 4.12. The second kappa shape index (κ2) is 5.14. The largest absolute Gasteiger partial charge is 0.491 e. The van der Waals surface area contributed by atoms with E-state index in [1.807, 2.05) is 18.2 Å². The van der Waals surface area contributed by atoms with Crippen LogP contribution in [0.5, 0.6) is 5.75 Å². The highest BCUT2D eigenvalue weighted by atomic mass is 16.6. The van der Waals surface area contributed by atoms with Crippen molar-refractivity contribution in [2.45, 2.75) is 26.2 Å². The first-order chi connectivity index (χ1) is 7.05. The number of rotatable bonds is 4. The van der Waals surface area contributed by atoms with Gasteiger partial charge in [-0.2, -0.15) is 0 Å². The molecule has 3 nitrogen and oxygen atoms in total. The van der Waals surface area contributed by atoms with Crippen LogP contribution < -0.4 is 10.6 Å². The second-order valence-corrected chi connectivity index (χ2v) is 4.47. The third-order valence-corrected chi connectivity index (χ3v) is 2.15. The first kappa shape index (κ1) is 12.0. The van der Waals surface area contributed by atoms with E-state index < -0.39 is 0 Å². The van der Waals surface area contributed by atoms with Crippen LogP contribution in [0, 0.1) is 0 Å². The van der Waals surface area contributed by atoms with Gasteiger partial charge < -0.3 is 9.57 Å². The molecule has 0 radical (unpaired) electrons. The molecule has 0 amide bonds. The molecule has 0 heterocycles. The van der Waals surface area contributed by atoms with Gasteiger partial charge in [0.15, 0.2) is 0 Å². The molecule has 0 saturated carbocycles. The van der Waals surface area contributed by atoms with Crippen molar-refractivity contribution in [1.29, 1.82) is 0 Å². The number of nitrogens with two attached hydrogens (primary N) is 1.